The van der Waals surface area contributed by atoms with E-state index >= 15 is 0 Å². The van der Waals surface area contributed by atoms with Crippen LogP contribution in [0.3, 0.4) is 0 Å². The Balaban J connectivity index is 2.11. The van der Waals surface area contributed by atoms with Gasteiger partial charge in [-0.1, -0.05) is 18.2 Å². The Morgan fingerprint density at radius 1 is 1.50 bits per heavy atom. The van der Waals surface area contributed by atoms with Crippen molar-refractivity contribution in [2.75, 3.05) is 6.61 Å². The van der Waals surface area contributed by atoms with Gasteiger partial charge in [0.2, 0.25) is 0 Å². The molecule has 3 heteroatoms. The zero-order valence-corrected chi connectivity index (χ0v) is 9.45. The van der Waals surface area contributed by atoms with E-state index in [-0.39, 0.29) is 11.9 Å². The summed E-state index contributed by atoms with van der Waals surface area (Å²) in [6.07, 6.45) is 1.43. The van der Waals surface area contributed by atoms with E-state index in [0.29, 0.717) is 31.4 Å². The normalized spacial score (nSPS) is 30.3. The Kier molecular flexibility index (Phi) is 3.26. The standard InChI is InChI=1S/C13H17FO2/c1-13(9-11(15)6-7-16-13)8-10-4-2-3-5-12(10)14/h2-5,11,15H,6-9H2,1H3. The molecule has 0 saturated carbocycles. The molecule has 1 heterocycles. The van der Waals surface area contributed by atoms with Crippen molar-refractivity contribution in [3.63, 3.8) is 0 Å². The summed E-state index contributed by atoms with van der Waals surface area (Å²) >= 11 is 0. The molecule has 1 saturated heterocycles. The first-order chi connectivity index (χ1) is 7.59. The van der Waals surface area contributed by atoms with Crippen LogP contribution in [0, 0.1) is 5.82 Å². The van der Waals surface area contributed by atoms with Crippen molar-refractivity contribution in [2.45, 2.75) is 37.9 Å². The van der Waals surface area contributed by atoms with Crippen LogP contribution in [0.1, 0.15) is 25.3 Å². The summed E-state index contributed by atoms with van der Waals surface area (Å²) in [5, 5.41) is 9.62. The summed E-state index contributed by atoms with van der Waals surface area (Å²) in [7, 11) is 0. The number of ether oxygens (including phenoxy) is 1. The first-order valence-electron chi connectivity index (χ1n) is 5.64. The number of benzene rings is 1. The minimum absolute atomic E-state index is 0.201. The minimum atomic E-state index is -0.445. The number of halogens is 1. The molecule has 1 aromatic carbocycles. The third-order valence-corrected chi connectivity index (χ3v) is 3.09. The van der Waals surface area contributed by atoms with Crippen molar-refractivity contribution in [1.29, 1.82) is 0 Å². The molecule has 2 unspecified atom stereocenters. The number of rotatable bonds is 2. The molecule has 1 aromatic rings. The van der Waals surface area contributed by atoms with Gasteiger partial charge < -0.3 is 9.84 Å². The summed E-state index contributed by atoms with van der Waals surface area (Å²) in [4.78, 5) is 0. The van der Waals surface area contributed by atoms with Gasteiger partial charge in [0, 0.05) is 19.4 Å². The second-order valence-electron chi connectivity index (χ2n) is 4.71. The molecule has 0 bridgehead atoms. The number of aliphatic hydroxyl groups excluding tert-OH is 1. The van der Waals surface area contributed by atoms with Gasteiger partial charge in [0.1, 0.15) is 5.82 Å². The third-order valence-electron chi connectivity index (χ3n) is 3.09. The molecule has 0 radical (unpaired) electrons. The fourth-order valence-corrected chi connectivity index (χ4v) is 2.27. The second kappa shape index (κ2) is 4.52. The predicted molar refractivity (Wildman–Crippen MR) is 59.7 cm³/mol. The molecule has 88 valence electrons. The average Bonchev–Trinajstić information content (AvgIpc) is 2.21. The Labute approximate surface area is 95.1 Å². The van der Waals surface area contributed by atoms with Crippen LogP contribution in [-0.4, -0.2) is 23.4 Å². The maximum atomic E-state index is 13.5. The maximum absolute atomic E-state index is 13.5. The lowest BCUT2D eigenvalue weighted by atomic mass is 9.87. The molecular weight excluding hydrogens is 207 g/mol. The molecule has 0 spiro atoms. The topological polar surface area (TPSA) is 29.5 Å². The molecule has 0 aromatic heterocycles. The van der Waals surface area contributed by atoms with E-state index in [1.807, 2.05) is 13.0 Å². The maximum Gasteiger partial charge on any atom is 0.126 e. The molecule has 16 heavy (non-hydrogen) atoms. The van der Waals surface area contributed by atoms with E-state index in [4.69, 9.17) is 4.74 Å². The van der Waals surface area contributed by atoms with Gasteiger partial charge in [0.25, 0.3) is 0 Å². The third kappa shape index (κ3) is 2.60. The predicted octanol–water partition coefficient (Wildman–Crippen LogP) is 2.30. The van der Waals surface area contributed by atoms with E-state index < -0.39 is 5.60 Å². The molecule has 0 amide bonds. The van der Waals surface area contributed by atoms with Crippen molar-refractivity contribution in [1.82, 2.24) is 0 Å². The summed E-state index contributed by atoms with van der Waals surface area (Å²) in [5.41, 5.74) is 0.207. The summed E-state index contributed by atoms with van der Waals surface area (Å²) < 4.78 is 19.2. The lowest BCUT2D eigenvalue weighted by Gasteiger charge is -2.36. The van der Waals surface area contributed by atoms with Gasteiger partial charge in [-0.15, -0.1) is 0 Å². The average molecular weight is 224 g/mol. The van der Waals surface area contributed by atoms with Crippen molar-refractivity contribution in [3.8, 4) is 0 Å². The highest BCUT2D eigenvalue weighted by Crippen LogP contribution is 2.29. The van der Waals surface area contributed by atoms with E-state index in [2.05, 4.69) is 0 Å². The van der Waals surface area contributed by atoms with Gasteiger partial charge >= 0.3 is 0 Å². The first kappa shape index (κ1) is 11.6. The van der Waals surface area contributed by atoms with Crippen LogP contribution < -0.4 is 0 Å². The monoisotopic (exact) mass is 224 g/mol. The molecule has 1 fully saturated rings. The minimum Gasteiger partial charge on any atom is -0.393 e. The molecule has 0 aliphatic carbocycles. The van der Waals surface area contributed by atoms with Crippen molar-refractivity contribution >= 4 is 0 Å². The zero-order chi connectivity index (χ0) is 11.6. The molecule has 2 atom stereocenters. The fraction of sp³-hybridized carbons (Fsp3) is 0.538. The lowest BCUT2D eigenvalue weighted by molar-refractivity contribution is -0.107. The highest BCUT2D eigenvalue weighted by Gasteiger charge is 2.33. The number of aliphatic hydroxyl groups is 1. The van der Waals surface area contributed by atoms with Crippen LogP contribution in [0.5, 0.6) is 0 Å². The van der Waals surface area contributed by atoms with Gasteiger partial charge in [-0.2, -0.15) is 0 Å². The Morgan fingerprint density at radius 2 is 2.25 bits per heavy atom. The van der Waals surface area contributed by atoms with Gasteiger partial charge in [0.15, 0.2) is 0 Å². The quantitative estimate of drug-likeness (QED) is 0.835. The highest BCUT2D eigenvalue weighted by molar-refractivity contribution is 5.19. The van der Waals surface area contributed by atoms with Crippen LogP contribution in [0.2, 0.25) is 0 Å². The SMILES string of the molecule is CC1(Cc2ccccc2F)CC(O)CCO1. The summed E-state index contributed by atoms with van der Waals surface area (Å²) in [6.45, 7) is 2.48. The zero-order valence-electron chi connectivity index (χ0n) is 9.45. The highest BCUT2D eigenvalue weighted by atomic mass is 19.1. The number of hydrogen-bond acceptors (Lipinski definition) is 2. The first-order valence-corrected chi connectivity index (χ1v) is 5.64. The van der Waals surface area contributed by atoms with Crippen LogP contribution in [0.15, 0.2) is 24.3 Å². The largest absolute Gasteiger partial charge is 0.393 e. The second-order valence-corrected chi connectivity index (χ2v) is 4.71. The van der Waals surface area contributed by atoms with Crippen LogP contribution in [-0.2, 0) is 11.2 Å². The van der Waals surface area contributed by atoms with E-state index in [9.17, 15) is 9.50 Å². The molecule has 2 nitrogen and oxygen atoms in total. The van der Waals surface area contributed by atoms with Gasteiger partial charge in [-0.25, -0.2) is 4.39 Å². The Bertz CT molecular complexity index is 367. The van der Waals surface area contributed by atoms with Crippen molar-refractivity contribution in [2.24, 2.45) is 0 Å². The number of hydrogen-bond donors (Lipinski definition) is 1. The summed E-state index contributed by atoms with van der Waals surface area (Å²) in [6, 6.07) is 6.72. The summed E-state index contributed by atoms with van der Waals surface area (Å²) in [5.74, 6) is -0.201. The fourth-order valence-electron chi connectivity index (χ4n) is 2.27. The van der Waals surface area contributed by atoms with E-state index in [0.717, 1.165) is 0 Å². The van der Waals surface area contributed by atoms with E-state index in [1.165, 1.54) is 6.07 Å². The molecule has 2 rings (SSSR count). The lowest BCUT2D eigenvalue weighted by Crippen LogP contribution is -2.41. The van der Waals surface area contributed by atoms with Crippen molar-refractivity contribution in [3.05, 3.63) is 35.6 Å². The molecule has 1 aliphatic heterocycles. The molecule has 1 N–H and O–H groups in total. The van der Waals surface area contributed by atoms with Crippen LogP contribution in [0.4, 0.5) is 4.39 Å². The van der Waals surface area contributed by atoms with Crippen molar-refractivity contribution < 1.29 is 14.2 Å². The Morgan fingerprint density at radius 3 is 2.94 bits per heavy atom. The molecular formula is C13H17FO2. The molecule has 1 aliphatic rings. The van der Waals surface area contributed by atoms with Gasteiger partial charge in [0.05, 0.1) is 11.7 Å². The van der Waals surface area contributed by atoms with Gasteiger partial charge in [-0.3, -0.25) is 0 Å². The smallest absolute Gasteiger partial charge is 0.126 e. The Hall–Kier alpha value is -0.930. The van der Waals surface area contributed by atoms with Crippen LogP contribution in [0.25, 0.3) is 0 Å². The van der Waals surface area contributed by atoms with E-state index in [1.54, 1.807) is 12.1 Å². The van der Waals surface area contributed by atoms with Crippen LogP contribution >= 0.6 is 0 Å². The van der Waals surface area contributed by atoms with Gasteiger partial charge in [-0.05, 0) is 25.0 Å².